The fourth-order valence-electron chi connectivity index (χ4n) is 1.94. The van der Waals surface area contributed by atoms with Crippen LogP contribution in [0.25, 0.3) is 10.2 Å². The highest BCUT2D eigenvalue weighted by Gasteiger charge is 2.12. The van der Waals surface area contributed by atoms with Gasteiger partial charge in [0.2, 0.25) is 5.28 Å². The van der Waals surface area contributed by atoms with E-state index in [1.165, 1.54) is 23.1 Å². The molecule has 2 aromatic heterocycles. The van der Waals surface area contributed by atoms with Crippen molar-refractivity contribution in [3.05, 3.63) is 45.3 Å². The zero-order valence-electron chi connectivity index (χ0n) is 11.0. The molecule has 1 aromatic carbocycles. The van der Waals surface area contributed by atoms with Crippen LogP contribution in [0.5, 0.6) is 0 Å². The molecular formula is C14H10Cl2FN3S. The lowest BCUT2D eigenvalue weighted by molar-refractivity contribution is 0.628. The van der Waals surface area contributed by atoms with Crippen molar-refractivity contribution in [1.29, 1.82) is 0 Å². The van der Waals surface area contributed by atoms with Crippen LogP contribution in [0, 0.1) is 5.82 Å². The molecule has 7 heteroatoms. The van der Waals surface area contributed by atoms with E-state index in [0.29, 0.717) is 16.5 Å². The van der Waals surface area contributed by atoms with Gasteiger partial charge in [0, 0.05) is 4.88 Å². The van der Waals surface area contributed by atoms with E-state index in [1.54, 1.807) is 11.3 Å². The van der Waals surface area contributed by atoms with Crippen LogP contribution in [-0.4, -0.2) is 9.97 Å². The highest BCUT2D eigenvalue weighted by Crippen LogP contribution is 2.33. The molecule has 0 amide bonds. The summed E-state index contributed by atoms with van der Waals surface area (Å²) in [7, 11) is 0. The van der Waals surface area contributed by atoms with Crippen LogP contribution in [0.15, 0.2) is 24.3 Å². The van der Waals surface area contributed by atoms with E-state index in [9.17, 15) is 4.39 Å². The Morgan fingerprint density at radius 1 is 1.24 bits per heavy atom. The minimum atomic E-state index is -0.377. The summed E-state index contributed by atoms with van der Waals surface area (Å²) in [6.07, 6.45) is 0.902. The van der Waals surface area contributed by atoms with Crippen molar-refractivity contribution in [2.45, 2.75) is 13.3 Å². The normalized spacial score (nSPS) is 11.0. The topological polar surface area (TPSA) is 37.8 Å². The van der Waals surface area contributed by atoms with E-state index < -0.39 is 0 Å². The number of benzene rings is 1. The number of halogens is 3. The Balaban J connectivity index is 2.11. The molecule has 0 fully saturated rings. The van der Waals surface area contributed by atoms with Crippen molar-refractivity contribution in [3.8, 4) is 0 Å². The van der Waals surface area contributed by atoms with Gasteiger partial charge in [-0.25, -0.2) is 9.37 Å². The lowest BCUT2D eigenvalue weighted by atomic mass is 10.2. The summed E-state index contributed by atoms with van der Waals surface area (Å²) < 4.78 is 13.3. The Labute approximate surface area is 134 Å². The van der Waals surface area contributed by atoms with Crippen molar-refractivity contribution in [2.75, 3.05) is 5.32 Å². The first-order valence-electron chi connectivity index (χ1n) is 6.25. The summed E-state index contributed by atoms with van der Waals surface area (Å²) in [6.45, 7) is 2.07. The molecule has 0 aliphatic rings. The Morgan fingerprint density at radius 2 is 2.05 bits per heavy atom. The fraction of sp³-hybridized carbons (Fsp3) is 0.143. The molecule has 0 unspecified atom stereocenters. The van der Waals surface area contributed by atoms with E-state index in [0.717, 1.165) is 16.6 Å². The Hall–Kier alpha value is -1.43. The molecular weight excluding hydrogens is 332 g/mol. The minimum absolute atomic E-state index is 0.141. The molecule has 108 valence electrons. The van der Waals surface area contributed by atoms with Crippen LogP contribution in [0.4, 0.5) is 15.9 Å². The molecule has 0 radical (unpaired) electrons. The number of hydrogen-bond acceptors (Lipinski definition) is 4. The third-order valence-corrected chi connectivity index (χ3v) is 4.62. The minimum Gasteiger partial charge on any atom is -0.338 e. The maximum atomic E-state index is 13.3. The highest BCUT2D eigenvalue weighted by molar-refractivity contribution is 7.18. The van der Waals surface area contributed by atoms with Crippen LogP contribution < -0.4 is 5.32 Å². The Kier molecular flexibility index (Phi) is 3.97. The number of hydrogen-bond donors (Lipinski definition) is 1. The van der Waals surface area contributed by atoms with Gasteiger partial charge in [-0.2, -0.15) is 4.98 Å². The molecule has 0 saturated heterocycles. The van der Waals surface area contributed by atoms with Crippen LogP contribution in [0.1, 0.15) is 11.8 Å². The quantitative estimate of drug-likeness (QED) is 0.644. The fourth-order valence-corrected chi connectivity index (χ4v) is 3.29. The average Bonchev–Trinajstić information content (AvgIpc) is 2.86. The van der Waals surface area contributed by atoms with Gasteiger partial charge in [0.05, 0.1) is 16.1 Å². The van der Waals surface area contributed by atoms with Gasteiger partial charge in [-0.3, -0.25) is 0 Å². The van der Waals surface area contributed by atoms with Crippen LogP contribution >= 0.6 is 34.5 Å². The van der Waals surface area contributed by atoms with Gasteiger partial charge in [0.1, 0.15) is 16.5 Å². The number of aromatic nitrogens is 2. The van der Waals surface area contributed by atoms with Gasteiger partial charge in [-0.1, -0.05) is 18.5 Å². The SMILES string of the molecule is CCc1cc2c(Nc3cc(F)ccc3Cl)nc(Cl)nc2s1. The van der Waals surface area contributed by atoms with E-state index in [-0.39, 0.29) is 11.1 Å². The van der Waals surface area contributed by atoms with Gasteiger partial charge >= 0.3 is 0 Å². The Morgan fingerprint density at radius 3 is 2.81 bits per heavy atom. The average molecular weight is 342 g/mol. The van der Waals surface area contributed by atoms with Crippen molar-refractivity contribution in [3.63, 3.8) is 0 Å². The third kappa shape index (κ3) is 2.95. The number of nitrogens with one attached hydrogen (secondary N) is 1. The standard InChI is InChI=1S/C14H10Cl2FN3S/c1-2-8-6-9-12(19-14(16)20-13(9)21-8)18-11-5-7(17)3-4-10(11)15/h3-6H,2H2,1H3,(H,18,19,20). The monoisotopic (exact) mass is 341 g/mol. The van der Waals surface area contributed by atoms with Crippen molar-refractivity contribution in [1.82, 2.24) is 9.97 Å². The second-order valence-electron chi connectivity index (χ2n) is 4.38. The maximum absolute atomic E-state index is 13.3. The van der Waals surface area contributed by atoms with Gasteiger partial charge < -0.3 is 5.32 Å². The number of fused-ring (bicyclic) bond motifs is 1. The molecule has 21 heavy (non-hydrogen) atoms. The highest BCUT2D eigenvalue weighted by atomic mass is 35.5. The third-order valence-electron chi connectivity index (χ3n) is 2.95. The molecule has 0 aliphatic heterocycles. The summed E-state index contributed by atoms with van der Waals surface area (Å²) >= 11 is 13.6. The van der Waals surface area contributed by atoms with Crippen LogP contribution in [0.2, 0.25) is 10.3 Å². The summed E-state index contributed by atoms with van der Waals surface area (Å²) in [6, 6.07) is 6.11. The predicted molar refractivity (Wildman–Crippen MR) is 86.5 cm³/mol. The zero-order chi connectivity index (χ0) is 15.0. The molecule has 0 bridgehead atoms. The van der Waals surface area contributed by atoms with E-state index in [4.69, 9.17) is 23.2 Å². The molecule has 0 atom stereocenters. The molecule has 3 nitrogen and oxygen atoms in total. The molecule has 1 N–H and O–H groups in total. The van der Waals surface area contributed by atoms with E-state index in [2.05, 4.69) is 22.2 Å². The van der Waals surface area contributed by atoms with Gasteiger partial charge in [-0.15, -0.1) is 11.3 Å². The van der Waals surface area contributed by atoms with Crippen LogP contribution in [0.3, 0.4) is 0 Å². The molecule has 3 aromatic rings. The van der Waals surface area contributed by atoms with Gasteiger partial charge in [-0.05, 0) is 42.3 Å². The van der Waals surface area contributed by atoms with Crippen LogP contribution in [-0.2, 0) is 6.42 Å². The first-order chi connectivity index (χ1) is 10.1. The Bertz CT molecular complexity index is 819. The first-order valence-corrected chi connectivity index (χ1v) is 7.82. The lowest BCUT2D eigenvalue weighted by Crippen LogP contribution is -1.97. The smallest absolute Gasteiger partial charge is 0.225 e. The zero-order valence-corrected chi connectivity index (χ0v) is 13.3. The number of rotatable bonds is 3. The first kappa shape index (κ1) is 14.5. The number of nitrogens with zero attached hydrogens (tertiary/aromatic N) is 2. The number of aryl methyl sites for hydroxylation is 1. The largest absolute Gasteiger partial charge is 0.338 e. The molecule has 3 rings (SSSR count). The second kappa shape index (κ2) is 5.75. The van der Waals surface area contributed by atoms with E-state index >= 15 is 0 Å². The van der Waals surface area contributed by atoms with Crippen molar-refractivity contribution >= 4 is 56.3 Å². The predicted octanol–water partition coefficient (Wildman–Crippen LogP) is 5.44. The summed E-state index contributed by atoms with van der Waals surface area (Å²) in [5.41, 5.74) is 0.442. The van der Waals surface area contributed by atoms with Gasteiger partial charge in [0.25, 0.3) is 0 Å². The van der Waals surface area contributed by atoms with Crippen molar-refractivity contribution in [2.24, 2.45) is 0 Å². The maximum Gasteiger partial charge on any atom is 0.225 e. The summed E-state index contributed by atoms with van der Waals surface area (Å²) in [5.74, 6) is 0.145. The molecule has 2 heterocycles. The summed E-state index contributed by atoms with van der Waals surface area (Å²) in [5, 5.41) is 4.43. The molecule has 0 saturated carbocycles. The number of anilines is 2. The second-order valence-corrected chi connectivity index (χ2v) is 6.24. The number of thiophene rings is 1. The lowest BCUT2D eigenvalue weighted by Gasteiger charge is -2.08. The van der Waals surface area contributed by atoms with Crippen molar-refractivity contribution < 1.29 is 4.39 Å². The summed E-state index contributed by atoms with van der Waals surface area (Å²) in [4.78, 5) is 10.4. The molecule has 0 aliphatic carbocycles. The molecule has 0 spiro atoms. The van der Waals surface area contributed by atoms with Gasteiger partial charge in [0.15, 0.2) is 0 Å². The van der Waals surface area contributed by atoms with E-state index in [1.807, 2.05) is 6.07 Å².